The van der Waals surface area contributed by atoms with Crippen LogP contribution in [-0.4, -0.2) is 12.1 Å². The zero-order valence-corrected chi connectivity index (χ0v) is 10.6. The third-order valence-corrected chi connectivity index (χ3v) is 3.30. The van der Waals surface area contributed by atoms with Crippen molar-refractivity contribution in [2.45, 2.75) is 46.6 Å². The van der Waals surface area contributed by atoms with Gasteiger partial charge in [0.1, 0.15) is 5.03 Å². The standard InChI is InChI=1S/C12H19ClO2/c1-5-8(2)15-11(14)10(13)6-9-7-12(9,3)4/h6,8-9H,5,7H2,1-4H3. The van der Waals surface area contributed by atoms with Crippen LogP contribution in [0, 0.1) is 11.3 Å². The second-order valence-electron chi connectivity index (χ2n) is 4.94. The molecule has 1 fully saturated rings. The lowest BCUT2D eigenvalue weighted by Crippen LogP contribution is -2.14. The van der Waals surface area contributed by atoms with E-state index in [4.69, 9.17) is 16.3 Å². The Balaban J connectivity index is 2.47. The van der Waals surface area contributed by atoms with Crippen LogP contribution in [0.1, 0.15) is 40.5 Å². The zero-order chi connectivity index (χ0) is 11.6. The van der Waals surface area contributed by atoms with Gasteiger partial charge in [-0.3, -0.25) is 0 Å². The maximum absolute atomic E-state index is 11.5. The van der Waals surface area contributed by atoms with Crippen molar-refractivity contribution < 1.29 is 9.53 Å². The Bertz CT molecular complexity index is 281. The van der Waals surface area contributed by atoms with Gasteiger partial charge < -0.3 is 4.74 Å². The predicted molar refractivity (Wildman–Crippen MR) is 61.7 cm³/mol. The molecule has 0 heterocycles. The fourth-order valence-corrected chi connectivity index (χ4v) is 1.56. The minimum absolute atomic E-state index is 0.0631. The van der Waals surface area contributed by atoms with Crippen molar-refractivity contribution in [3.05, 3.63) is 11.1 Å². The van der Waals surface area contributed by atoms with E-state index in [0.717, 1.165) is 12.8 Å². The summed E-state index contributed by atoms with van der Waals surface area (Å²) in [6.07, 6.45) is 3.67. The van der Waals surface area contributed by atoms with Crippen LogP contribution in [0.2, 0.25) is 0 Å². The Kier molecular flexibility index (Phi) is 3.82. The number of carbonyl (C=O) groups is 1. The highest BCUT2D eigenvalue weighted by molar-refractivity contribution is 6.41. The van der Waals surface area contributed by atoms with Crippen molar-refractivity contribution >= 4 is 17.6 Å². The molecule has 2 unspecified atom stereocenters. The van der Waals surface area contributed by atoms with Gasteiger partial charge in [-0.25, -0.2) is 4.79 Å². The van der Waals surface area contributed by atoms with E-state index in [-0.39, 0.29) is 11.1 Å². The van der Waals surface area contributed by atoms with E-state index in [1.54, 1.807) is 0 Å². The average Bonchev–Trinajstić information content (AvgIpc) is 2.73. The zero-order valence-electron chi connectivity index (χ0n) is 9.84. The normalized spacial score (nSPS) is 25.9. The van der Waals surface area contributed by atoms with Crippen molar-refractivity contribution in [3.63, 3.8) is 0 Å². The Labute approximate surface area is 96.6 Å². The molecule has 1 rings (SSSR count). The van der Waals surface area contributed by atoms with Gasteiger partial charge in [-0.15, -0.1) is 0 Å². The number of halogens is 1. The van der Waals surface area contributed by atoms with Gasteiger partial charge in [-0.1, -0.05) is 38.4 Å². The van der Waals surface area contributed by atoms with Gasteiger partial charge in [-0.2, -0.15) is 0 Å². The molecule has 2 nitrogen and oxygen atoms in total. The van der Waals surface area contributed by atoms with Crippen LogP contribution in [0.4, 0.5) is 0 Å². The Morgan fingerprint density at radius 2 is 2.20 bits per heavy atom. The molecule has 0 radical (unpaired) electrons. The topological polar surface area (TPSA) is 26.3 Å². The molecule has 15 heavy (non-hydrogen) atoms. The number of esters is 1. The quantitative estimate of drug-likeness (QED) is 0.546. The van der Waals surface area contributed by atoms with Crippen molar-refractivity contribution in [1.82, 2.24) is 0 Å². The summed E-state index contributed by atoms with van der Waals surface area (Å²) in [5.74, 6) is 0.0307. The summed E-state index contributed by atoms with van der Waals surface area (Å²) in [6, 6.07) is 0. The monoisotopic (exact) mass is 230 g/mol. The van der Waals surface area contributed by atoms with Crippen LogP contribution in [0.25, 0.3) is 0 Å². The number of allylic oxidation sites excluding steroid dienone is 1. The Morgan fingerprint density at radius 1 is 1.67 bits per heavy atom. The molecule has 1 saturated carbocycles. The second kappa shape index (κ2) is 4.56. The Morgan fingerprint density at radius 3 is 2.60 bits per heavy atom. The molecule has 0 bridgehead atoms. The first kappa shape index (κ1) is 12.6. The molecular weight excluding hydrogens is 212 g/mol. The van der Waals surface area contributed by atoms with Crippen LogP contribution in [0.5, 0.6) is 0 Å². The van der Waals surface area contributed by atoms with Crippen molar-refractivity contribution in [2.75, 3.05) is 0 Å². The summed E-state index contributed by atoms with van der Waals surface area (Å²) < 4.78 is 5.12. The van der Waals surface area contributed by atoms with Crippen molar-refractivity contribution in [1.29, 1.82) is 0 Å². The number of hydrogen-bond acceptors (Lipinski definition) is 2. The number of rotatable bonds is 4. The van der Waals surface area contributed by atoms with Crippen molar-refractivity contribution in [3.8, 4) is 0 Å². The molecule has 0 aromatic carbocycles. The number of hydrogen-bond donors (Lipinski definition) is 0. The fourth-order valence-electron chi connectivity index (χ4n) is 1.36. The second-order valence-corrected chi connectivity index (χ2v) is 5.35. The maximum Gasteiger partial charge on any atom is 0.349 e. The molecule has 0 aromatic rings. The van der Waals surface area contributed by atoms with E-state index in [1.807, 2.05) is 19.9 Å². The highest BCUT2D eigenvalue weighted by atomic mass is 35.5. The maximum atomic E-state index is 11.5. The van der Waals surface area contributed by atoms with Crippen LogP contribution in [-0.2, 0) is 9.53 Å². The minimum Gasteiger partial charge on any atom is -0.458 e. The molecule has 0 amide bonds. The van der Waals surface area contributed by atoms with Crippen LogP contribution >= 0.6 is 11.6 Å². The first-order valence-electron chi connectivity index (χ1n) is 5.45. The van der Waals surface area contributed by atoms with Gasteiger partial charge >= 0.3 is 5.97 Å². The molecule has 0 N–H and O–H groups in total. The van der Waals surface area contributed by atoms with Gasteiger partial charge in [0.25, 0.3) is 0 Å². The molecule has 2 atom stereocenters. The summed E-state index contributed by atoms with van der Waals surface area (Å²) in [4.78, 5) is 11.5. The molecule has 0 saturated heterocycles. The fraction of sp³-hybridized carbons (Fsp3) is 0.750. The van der Waals surface area contributed by atoms with Crippen molar-refractivity contribution in [2.24, 2.45) is 11.3 Å². The molecule has 3 heteroatoms. The van der Waals surface area contributed by atoms with E-state index in [9.17, 15) is 4.79 Å². The molecule has 86 valence electrons. The summed E-state index contributed by atoms with van der Waals surface area (Å²) in [5, 5.41) is 0.228. The number of carbonyl (C=O) groups excluding carboxylic acids is 1. The van der Waals surface area contributed by atoms with E-state index in [2.05, 4.69) is 13.8 Å². The molecule has 1 aliphatic carbocycles. The first-order chi connectivity index (χ1) is 6.86. The third-order valence-electron chi connectivity index (χ3n) is 3.02. The van der Waals surface area contributed by atoms with E-state index in [0.29, 0.717) is 11.3 Å². The van der Waals surface area contributed by atoms with Crippen LogP contribution < -0.4 is 0 Å². The van der Waals surface area contributed by atoms with Gasteiger partial charge in [0, 0.05) is 0 Å². The summed E-state index contributed by atoms with van der Waals surface area (Å²) in [7, 11) is 0. The summed E-state index contributed by atoms with van der Waals surface area (Å²) in [5.41, 5.74) is 0.302. The summed E-state index contributed by atoms with van der Waals surface area (Å²) >= 11 is 5.88. The molecule has 0 aliphatic heterocycles. The molecular formula is C12H19ClO2. The van der Waals surface area contributed by atoms with Gasteiger partial charge in [0.05, 0.1) is 6.10 Å². The van der Waals surface area contributed by atoms with Gasteiger partial charge in [-0.05, 0) is 31.1 Å². The van der Waals surface area contributed by atoms with E-state index < -0.39 is 5.97 Å². The van der Waals surface area contributed by atoms with E-state index in [1.165, 1.54) is 0 Å². The molecule has 1 aliphatic rings. The smallest absolute Gasteiger partial charge is 0.349 e. The highest BCUT2D eigenvalue weighted by Gasteiger charge is 2.44. The molecule has 0 aromatic heterocycles. The predicted octanol–water partition coefficient (Wildman–Crippen LogP) is 3.50. The lowest BCUT2D eigenvalue weighted by atomic mass is 10.1. The average molecular weight is 231 g/mol. The Hall–Kier alpha value is -0.500. The molecule has 0 spiro atoms. The lowest BCUT2D eigenvalue weighted by molar-refractivity contribution is -0.142. The highest BCUT2D eigenvalue weighted by Crippen LogP contribution is 2.53. The SMILES string of the molecule is CCC(C)OC(=O)C(Cl)=CC1CC1(C)C. The van der Waals surface area contributed by atoms with Gasteiger partial charge in [0.15, 0.2) is 0 Å². The minimum atomic E-state index is -0.395. The lowest BCUT2D eigenvalue weighted by Gasteiger charge is -2.09. The van der Waals surface area contributed by atoms with Gasteiger partial charge in [0.2, 0.25) is 0 Å². The third kappa shape index (κ3) is 3.53. The van der Waals surface area contributed by atoms with Crippen LogP contribution in [0.3, 0.4) is 0 Å². The largest absolute Gasteiger partial charge is 0.458 e. The summed E-state index contributed by atoms with van der Waals surface area (Å²) in [6.45, 7) is 8.17. The first-order valence-corrected chi connectivity index (χ1v) is 5.83. The van der Waals surface area contributed by atoms with Crippen LogP contribution in [0.15, 0.2) is 11.1 Å². The number of ether oxygens (including phenoxy) is 1. The van der Waals surface area contributed by atoms with E-state index >= 15 is 0 Å².